The summed E-state index contributed by atoms with van der Waals surface area (Å²) in [6.45, 7) is 2.60. The van der Waals surface area contributed by atoms with Crippen LogP contribution in [0.3, 0.4) is 0 Å². The molecule has 0 radical (unpaired) electrons. The maximum Gasteiger partial charge on any atom is 0.240 e. The van der Waals surface area contributed by atoms with Gasteiger partial charge in [-0.25, -0.2) is 0 Å². The lowest BCUT2D eigenvalue weighted by atomic mass is 10.0. The fourth-order valence-electron chi connectivity index (χ4n) is 2.12. The third kappa shape index (κ3) is 3.41. The molecule has 0 aromatic rings. The molecule has 0 aromatic carbocycles. The van der Waals surface area contributed by atoms with Crippen molar-refractivity contribution < 1.29 is 14.7 Å². The number of nitrogens with zero attached hydrogens (tertiary/aromatic N) is 1. The van der Waals surface area contributed by atoms with Crippen LogP contribution in [0.5, 0.6) is 0 Å². The highest BCUT2D eigenvalue weighted by atomic mass is 16.3. The van der Waals surface area contributed by atoms with E-state index in [2.05, 4.69) is 0 Å². The molecule has 1 aliphatic heterocycles. The van der Waals surface area contributed by atoms with Crippen molar-refractivity contribution in [2.75, 3.05) is 13.1 Å². The first kappa shape index (κ1) is 13.9. The molecule has 6 heteroatoms. The van der Waals surface area contributed by atoms with Crippen LogP contribution in [0.2, 0.25) is 0 Å². The first-order chi connectivity index (χ1) is 7.99. The quantitative estimate of drug-likeness (QED) is 0.564. The first-order valence-corrected chi connectivity index (χ1v) is 5.96. The lowest BCUT2D eigenvalue weighted by Gasteiger charge is -2.23. The fraction of sp³-hybridized carbons (Fsp3) is 0.818. The smallest absolute Gasteiger partial charge is 0.240 e. The van der Waals surface area contributed by atoms with E-state index in [4.69, 9.17) is 11.5 Å². The number of aliphatic hydroxyl groups excluding tert-OH is 1. The highest BCUT2D eigenvalue weighted by Gasteiger charge is 2.37. The molecule has 3 unspecified atom stereocenters. The SMILES string of the molecule is CCC(CN)CC(=O)N1CC(O)CC1C(N)=O. The number of rotatable bonds is 5. The molecule has 98 valence electrons. The molecule has 6 nitrogen and oxygen atoms in total. The fourth-order valence-corrected chi connectivity index (χ4v) is 2.12. The summed E-state index contributed by atoms with van der Waals surface area (Å²) in [5, 5.41) is 9.49. The second-order valence-corrected chi connectivity index (χ2v) is 4.57. The van der Waals surface area contributed by atoms with Gasteiger partial charge in [-0.05, 0) is 12.5 Å². The van der Waals surface area contributed by atoms with E-state index in [0.29, 0.717) is 13.0 Å². The highest BCUT2D eigenvalue weighted by molar-refractivity contribution is 5.87. The average Bonchev–Trinajstić information content (AvgIpc) is 2.68. The number of likely N-dealkylation sites (tertiary alicyclic amines) is 1. The second kappa shape index (κ2) is 5.97. The van der Waals surface area contributed by atoms with Crippen LogP contribution in [0.1, 0.15) is 26.2 Å². The minimum atomic E-state index is -0.673. The molecule has 0 spiro atoms. The Bertz CT molecular complexity index is 292. The van der Waals surface area contributed by atoms with E-state index < -0.39 is 18.1 Å². The Kier molecular flexibility index (Phi) is 4.89. The van der Waals surface area contributed by atoms with E-state index in [1.165, 1.54) is 4.90 Å². The van der Waals surface area contributed by atoms with Crippen LogP contribution in [0.15, 0.2) is 0 Å². The standard InChI is InChI=1S/C11H21N3O3/c1-2-7(5-12)3-10(16)14-6-8(15)4-9(14)11(13)17/h7-9,15H,2-6,12H2,1H3,(H2,13,17). The van der Waals surface area contributed by atoms with Crippen molar-refractivity contribution in [3.63, 3.8) is 0 Å². The Morgan fingerprint density at radius 3 is 2.65 bits per heavy atom. The van der Waals surface area contributed by atoms with E-state index in [0.717, 1.165) is 6.42 Å². The minimum absolute atomic E-state index is 0.119. The molecule has 1 heterocycles. The van der Waals surface area contributed by atoms with Crippen LogP contribution in [0.25, 0.3) is 0 Å². The maximum absolute atomic E-state index is 12.0. The number of amides is 2. The van der Waals surface area contributed by atoms with Crippen LogP contribution in [-0.2, 0) is 9.59 Å². The van der Waals surface area contributed by atoms with Gasteiger partial charge in [0.1, 0.15) is 6.04 Å². The number of nitrogens with two attached hydrogens (primary N) is 2. The molecule has 3 atom stereocenters. The molecule has 2 amide bonds. The number of carbonyl (C=O) groups is 2. The summed E-state index contributed by atoms with van der Waals surface area (Å²) in [6, 6.07) is -0.673. The number of aliphatic hydroxyl groups is 1. The van der Waals surface area contributed by atoms with Crippen molar-refractivity contribution >= 4 is 11.8 Å². The first-order valence-electron chi connectivity index (χ1n) is 5.96. The van der Waals surface area contributed by atoms with E-state index in [9.17, 15) is 14.7 Å². The van der Waals surface area contributed by atoms with Gasteiger partial charge in [0.2, 0.25) is 11.8 Å². The normalized spacial score (nSPS) is 25.9. The van der Waals surface area contributed by atoms with Gasteiger partial charge in [0.15, 0.2) is 0 Å². The van der Waals surface area contributed by atoms with Crippen molar-refractivity contribution in [3.8, 4) is 0 Å². The van der Waals surface area contributed by atoms with Gasteiger partial charge in [0.05, 0.1) is 6.10 Å². The summed E-state index contributed by atoms with van der Waals surface area (Å²) in [6.07, 6.45) is 0.707. The third-order valence-corrected chi connectivity index (χ3v) is 3.30. The zero-order valence-corrected chi connectivity index (χ0v) is 10.1. The van der Waals surface area contributed by atoms with Crippen LogP contribution < -0.4 is 11.5 Å². The third-order valence-electron chi connectivity index (χ3n) is 3.30. The lowest BCUT2D eigenvalue weighted by Crippen LogP contribution is -2.44. The van der Waals surface area contributed by atoms with Gasteiger partial charge in [-0.2, -0.15) is 0 Å². The van der Waals surface area contributed by atoms with Crippen molar-refractivity contribution in [3.05, 3.63) is 0 Å². The molecule has 0 aliphatic carbocycles. The predicted molar refractivity (Wildman–Crippen MR) is 62.8 cm³/mol. The molecule has 1 saturated heterocycles. The minimum Gasteiger partial charge on any atom is -0.391 e. The van der Waals surface area contributed by atoms with E-state index in [1.54, 1.807) is 0 Å². The van der Waals surface area contributed by atoms with Gasteiger partial charge in [-0.1, -0.05) is 13.3 Å². The largest absolute Gasteiger partial charge is 0.391 e. The maximum atomic E-state index is 12.0. The summed E-state index contributed by atoms with van der Waals surface area (Å²) < 4.78 is 0. The lowest BCUT2D eigenvalue weighted by molar-refractivity contribution is -0.138. The van der Waals surface area contributed by atoms with E-state index >= 15 is 0 Å². The monoisotopic (exact) mass is 243 g/mol. The predicted octanol–water partition coefficient (Wildman–Crippen LogP) is -1.19. The molecule has 0 aromatic heterocycles. The summed E-state index contributed by atoms with van der Waals surface area (Å²) >= 11 is 0. The van der Waals surface area contributed by atoms with Crippen molar-refractivity contribution in [1.29, 1.82) is 0 Å². The Morgan fingerprint density at radius 2 is 2.18 bits per heavy atom. The Hall–Kier alpha value is -1.14. The molecule has 1 rings (SSSR count). The highest BCUT2D eigenvalue weighted by Crippen LogP contribution is 2.20. The van der Waals surface area contributed by atoms with Gasteiger partial charge in [0, 0.05) is 19.4 Å². The molecule has 0 saturated carbocycles. The molecular weight excluding hydrogens is 222 g/mol. The number of carbonyl (C=O) groups excluding carboxylic acids is 2. The zero-order chi connectivity index (χ0) is 13.0. The number of hydrogen-bond acceptors (Lipinski definition) is 4. The van der Waals surface area contributed by atoms with Gasteiger partial charge in [0.25, 0.3) is 0 Å². The number of hydrogen-bond donors (Lipinski definition) is 3. The van der Waals surface area contributed by atoms with E-state index in [1.807, 2.05) is 6.92 Å². The number of β-amino-alcohol motifs (C(OH)–C–C–N with tert-alkyl or cyclic N) is 1. The van der Waals surface area contributed by atoms with Gasteiger partial charge < -0.3 is 21.5 Å². The molecule has 17 heavy (non-hydrogen) atoms. The van der Waals surface area contributed by atoms with Crippen LogP contribution in [0.4, 0.5) is 0 Å². The van der Waals surface area contributed by atoms with Gasteiger partial charge in [-0.3, -0.25) is 9.59 Å². The van der Waals surface area contributed by atoms with Crippen molar-refractivity contribution in [2.24, 2.45) is 17.4 Å². The Labute approximate surface area is 101 Å². The molecule has 1 fully saturated rings. The molecule has 5 N–H and O–H groups in total. The van der Waals surface area contributed by atoms with Crippen molar-refractivity contribution in [2.45, 2.75) is 38.3 Å². The second-order valence-electron chi connectivity index (χ2n) is 4.57. The Morgan fingerprint density at radius 1 is 1.53 bits per heavy atom. The molecule has 0 bridgehead atoms. The summed E-state index contributed by atoms with van der Waals surface area (Å²) in [7, 11) is 0. The topological polar surface area (TPSA) is 110 Å². The van der Waals surface area contributed by atoms with Gasteiger partial charge >= 0.3 is 0 Å². The van der Waals surface area contributed by atoms with Gasteiger partial charge in [-0.15, -0.1) is 0 Å². The Balaban J connectivity index is 2.64. The summed E-state index contributed by atoms with van der Waals surface area (Å²) in [5.74, 6) is -0.591. The average molecular weight is 243 g/mol. The number of primary amides is 1. The van der Waals surface area contributed by atoms with Crippen LogP contribution in [-0.4, -0.2) is 47.1 Å². The van der Waals surface area contributed by atoms with Crippen molar-refractivity contribution in [1.82, 2.24) is 4.90 Å². The van der Waals surface area contributed by atoms with Crippen LogP contribution >= 0.6 is 0 Å². The summed E-state index contributed by atoms with van der Waals surface area (Å²) in [4.78, 5) is 24.5. The van der Waals surface area contributed by atoms with Crippen LogP contribution in [0, 0.1) is 5.92 Å². The zero-order valence-electron chi connectivity index (χ0n) is 10.1. The van der Waals surface area contributed by atoms with E-state index in [-0.39, 0.29) is 24.8 Å². The molecule has 1 aliphatic rings. The summed E-state index contributed by atoms with van der Waals surface area (Å²) in [5.41, 5.74) is 10.8. The molecular formula is C11H21N3O3.